The molecule has 0 bridgehead atoms. The average Bonchev–Trinajstić information content (AvgIpc) is 2.55. The fraction of sp³-hybridized carbons (Fsp3) is 0. The lowest BCUT2D eigenvalue weighted by Gasteiger charge is -2.14. The van der Waals surface area contributed by atoms with Gasteiger partial charge in [-0.3, -0.25) is 9.78 Å². The predicted molar refractivity (Wildman–Crippen MR) is 83.6 cm³/mol. The highest BCUT2D eigenvalue weighted by Gasteiger charge is 2.17. The molecule has 0 unspecified atom stereocenters. The van der Waals surface area contributed by atoms with Crippen LogP contribution in [-0.2, 0) is 0 Å². The summed E-state index contributed by atoms with van der Waals surface area (Å²) in [5, 5.41) is 0. The summed E-state index contributed by atoms with van der Waals surface area (Å²) in [4.78, 5) is 15.8. The van der Waals surface area contributed by atoms with Crippen LogP contribution in [0.15, 0.2) is 67.0 Å². The van der Waals surface area contributed by atoms with E-state index < -0.39 is 5.91 Å². The van der Waals surface area contributed by atoms with Crippen LogP contribution in [0, 0.1) is 5.82 Å². The Labute approximate surface area is 127 Å². The molecule has 3 nitrogen and oxygen atoms in total. The van der Waals surface area contributed by atoms with Gasteiger partial charge in [-0.2, -0.15) is 0 Å². The molecule has 0 atom stereocenters. The highest BCUT2D eigenvalue weighted by atomic mass is 19.1. The van der Waals surface area contributed by atoms with Gasteiger partial charge in [0.25, 0.3) is 0 Å². The fourth-order valence-electron chi connectivity index (χ4n) is 2.48. The highest BCUT2D eigenvalue weighted by Crippen LogP contribution is 2.35. The van der Waals surface area contributed by atoms with Gasteiger partial charge in [0.2, 0.25) is 5.91 Å². The van der Waals surface area contributed by atoms with Crippen LogP contribution < -0.4 is 5.73 Å². The van der Waals surface area contributed by atoms with E-state index in [1.54, 1.807) is 54.9 Å². The van der Waals surface area contributed by atoms with Crippen molar-refractivity contribution < 1.29 is 9.18 Å². The molecule has 22 heavy (non-hydrogen) atoms. The van der Waals surface area contributed by atoms with Crippen molar-refractivity contribution in [3.63, 3.8) is 0 Å². The number of pyridine rings is 1. The fourth-order valence-corrected chi connectivity index (χ4v) is 2.48. The van der Waals surface area contributed by atoms with E-state index in [-0.39, 0.29) is 5.82 Å². The highest BCUT2D eigenvalue weighted by molar-refractivity contribution is 6.04. The normalized spacial score (nSPS) is 10.4. The summed E-state index contributed by atoms with van der Waals surface area (Å²) >= 11 is 0. The minimum Gasteiger partial charge on any atom is -0.366 e. The van der Waals surface area contributed by atoms with E-state index >= 15 is 0 Å². The minimum atomic E-state index is -0.558. The zero-order valence-corrected chi connectivity index (χ0v) is 11.7. The number of hydrogen-bond donors (Lipinski definition) is 1. The van der Waals surface area contributed by atoms with E-state index in [9.17, 15) is 9.18 Å². The van der Waals surface area contributed by atoms with Crippen molar-refractivity contribution in [3.8, 4) is 22.3 Å². The van der Waals surface area contributed by atoms with E-state index in [4.69, 9.17) is 5.73 Å². The zero-order valence-electron chi connectivity index (χ0n) is 11.7. The average molecular weight is 292 g/mol. The molecule has 108 valence electrons. The van der Waals surface area contributed by atoms with Crippen molar-refractivity contribution in [2.75, 3.05) is 0 Å². The Morgan fingerprint density at radius 3 is 2.41 bits per heavy atom. The van der Waals surface area contributed by atoms with Gasteiger partial charge >= 0.3 is 0 Å². The van der Waals surface area contributed by atoms with Gasteiger partial charge in [0, 0.05) is 34.6 Å². The Hall–Kier alpha value is -3.01. The van der Waals surface area contributed by atoms with Gasteiger partial charge in [-0.15, -0.1) is 0 Å². The lowest BCUT2D eigenvalue weighted by Crippen LogP contribution is -2.13. The summed E-state index contributed by atoms with van der Waals surface area (Å²) < 4.78 is 14.2. The molecular weight excluding hydrogens is 279 g/mol. The van der Waals surface area contributed by atoms with Gasteiger partial charge in [-0.05, 0) is 23.8 Å². The molecular formula is C18H13FN2O. The molecule has 2 N–H and O–H groups in total. The lowest BCUT2D eigenvalue weighted by molar-refractivity contribution is 0.100. The molecule has 1 aromatic heterocycles. The Bertz CT molecular complexity index is 832. The quantitative estimate of drug-likeness (QED) is 0.801. The van der Waals surface area contributed by atoms with Gasteiger partial charge in [0.05, 0.1) is 0 Å². The van der Waals surface area contributed by atoms with Crippen molar-refractivity contribution in [3.05, 3.63) is 78.4 Å². The first kappa shape index (κ1) is 13.9. The van der Waals surface area contributed by atoms with Gasteiger partial charge < -0.3 is 5.73 Å². The smallest absolute Gasteiger partial charge is 0.249 e. The molecule has 0 saturated carbocycles. The minimum absolute atomic E-state index is 0.341. The van der Waals surface area contributed by atoms with Crippen LogP contribution in [0.4, 0.5) is 4.39 Å². The van der Waals surface area contributed by atoms with Crippen LogP contribution in [0.1, 0.15) is 10.4 Å². The zero-order chi connectivity index (χ0) is 15.5. The molecule has 2 aromatic carbocycles. The predicted octanol–water partition coefficient (Wildman–Crippen LogP) is 3.65. The topological polar surface area (TPSA) is 56.0 Å². The molecule has 0 aliphatic carbocycles. The number of carbonyl (C=O) groups is 1. The Morgan fingerprint density at radius 2 is 1.73 bits per heavy atom. The van der Waals surface area contributed by atoms with Crippen molar-refractivity contribution in [1.82, 2.24) is 4.98 Å². The molecule has 0 radical (unpaired) electrons. The third kappa shape index (κ3) is 2.46. The number of carbonyl (C=O) groups excluding carboxylic acids is 1. The van der Waals surface area contributed by atoms with Gasteiger partial charge in [0.15, 0.2) is 0 Å². The molecule has 0 spiro atoms. The molecule has 3 aromatic rings. The standard InChI is InChI=1S/C18H13FN2O/c19-16-9-2-1-6-13(16)14-7-3-8-15(18(20)22)17(14)12-5-4-10-21-11-12/h1-11H,(H2,20,22). The molecule has 1 amide bonds. The first-order chi connectivity index (χ1) is 10.7. The monoisotopic (exact) mass is 292 g/mol. The van der Waals surface area contributed by atoms with E-state index in [0.29, 0.717) is 22.3 Å². The van der Waals surface area contributed by atoms with Gasteiger partial charge in [-0.1, -0.05) is 36.4 Å². The van der Waals surface area contributed by atoms with Crippen molar-refractivity contribution in [2.45, 2.75) is 0 Å². The van der Waals surface area contributed by atoms with Crippen LogP contribution in [0.25, 0.3) is 22.3 Å². The second-order valence-corrected chi connectivity index (χ2v) is 4.81. The van der Waals surface area contributed by atoms with Crippen molar-refractivity contribution in [2.24, 2.45) is 5.73 Å². The van der Waals surface area contributed by atoms with Gasteiger partial charge in [0.1, 0.15) is 5.82 Å². The number of primary amides is 1. The van der Waals surface area contributed by atoms with Crippen LogP contribution in [0.2, 0.25) is 0 Å². The van der Waals surface area contributed by atoms with Crippen LogP contribution >= 0.6 is 0 Å². The number of aromatic nitrogens is 1. The third-order valence-corrected chi connectivity index (χ3v) is 3.44. The second kappa shape index (κ2) is 5.77. The number of benzene rings is 2. The first-order valence-corrected chi connectivity index (χ1v) is 6.76. The Balaban J connectivity index is 2.35. The molecule has 0 aliphatic rings. The van der Waals surface area contributed by atoms with Crippen molar-refractivity contribution >= 4 is 5.91 Å². The number of nitrogens with two attached hydrogens (primary N) is 1. The molecule has 0 saturated heterocycles. The number of nitrogens with zero attached hydrogens (tertiary/aromatic N) is 1. The summed E-state index contributed by atoms with van der Waals surface area (Å²) in [5.74, 6) is -0.911. The van der Waals surface area contributed by atoms with E-state index in [2.05, 4.69) is 4.98 Å². The Morgan fingerprint density at radius 1 is 0.955 bits per heavy atom. The first-order valence-electron chi connectivity index (χ1n) is 6.76. The maximum Gasteiger partial charge on any atom is 0.249 e. The number of amides is 1. The van der Waals surface area contributed by atoms with Crippen LogP contribution in [-0.4, -0.2) is 10.9 Å². The largest absolute Gasteiger partial charge is 0.366 e. The van der Waals surface area contributed by atoms with Crippen molar-refractivity contribution in [1.29, 1.82) is 0 Å². The number of hydrogen-bond acceptors (Lipinski definition) is 2. The van der Waals surface area contributed by atoms with Gasteiger partial charge in [-0.25, -0.2) is 4.39 Å². The molecule has 3 rings (SSSR count). The maximum atomic E-state index is 14.2. The summed E-state index contributed by atoms with van der Waals surface area (Å²) in [6.45, 7) is 0. The van der Waals surface area contributed by atoms with Crippen LogP contribution in [0.3, 0.4) is 0 Å². The summed E-state index contributed by atoms with van der Waals surface area (Å²) in [6.07, 6.45) is 3.27. The maximum absolute atomic E-state index is 14.2. The summed E-state index contributed by atoms with van der Waals surface area (Å²) in [5.41, 5.74) is 8.17. The van der Waals surface area contributed by atoms with E-state index in [1.807, 2.05) is 6.07 Å². The van der Waals surface area contributed by atoms with E-state index in [0.717, 1.165) is 5.56 Å². The van der Waals surface area contributed by atoms with Crippen LogP contribution in [0.5, 0.6) is 0 Å². The number of halogens is 1. The second-order valence-electron chi connectivity index (χ2n) is 4.81. The Kier molecular flexibility index (Phi) is 3.66. The molecule has 4 heteroatoms. The summed E-state index contributed by atoms with van der Waals surface area (Å²) in [7, 11) is 0. The number of rotatable bonds is 3. The third-order valence-electron chi connectivity index (χ3n) is 3.44. The van der Waals surface area contributed by atoms with E-state index in [1.165, 1.54) is 6.07 Å². The molecule has 0 fully saturated rings. The lowest BCUT2D eigenvalue weighted by atomic mass is 9.91. The summed E-state index contributed by atoms with van der Waals surface area (Å²) in [6, 6.07) is 15.1. The SMILES string of the molecule is NC(=O)c1cccc(-c2ccccc2F)c1-c1cccnc1. The molecule has 1 heterocycles. The molecule has 0 aliphatic heterocycles.